The van der Waals surface area contributed by atoms with Crippen molar-refractivity contribution in [3.05, 3.63) is 36.0 Å². The van der Waals surface area contributed by atoms with E-state index in [0.29, 0.717) is 6.04 Å². The number of nitrogens with zero attached hydrogens (tertiary/aromatic N) is 2. The topological polar surface area (TPSA) is 30.5 Å². The fourth-order valence-electron chi connectivity index (χ4n) is 4.28. The lowest BCUT2D eigenvalue weighted by atomic mass is 10.00. The Bertz CT molecular complexity index is 657. The molecule has 4 rings (SSSR count). The first-order valence-corrected chi connectivity index (χ1v) is 10.0. The first kappa shape index (κ1) is 16.9. The molecule has 3 aliphatic rings. The zero-order valence-corrected chi connectivity index (χ0v) is 15.7. The van der Waals surface area contributed by atoms with Gasteiger partial charge in [0.1, 0.15) is 0 Å². The molecule has 2 N–H and O–H groups in total. The van der Waals surface area contributed by atoms with Crippen molar-refractivity contribution in [2.75, 3.05) is 38.0 Å². The normalized spacial score (nSPS) is 25.5. The molecule has 0 radical (unpaired) electrons. The number of piperazine rings is 1. The molecule has 4 nitrogen and oxygen atoms in total. The highest BCUT2D eigenvalue weighted by atomic mass is 32.1. The Morgan fingerprint density at radius 3 is 3.04 bits per heavy atom. The molecule has 0 aliphatic carbocycles. The number of nitrogens with one attached hydrogen (secondary N) is 2. The van der Waals surface area contributed by atoms with Gasteiger partial charge in [-0.3, -0.25) is 4.90 Å². The summed E-state index contributed by atoms with van der Waals surface area (Å²) < 4.78 is 0. The molecule has 0 saturated carbocycles. The molecular formula is C20H28N4S. The number of rotatable bonds is 1. The number of fused-ring (bicyclic) bond motifs is 2. The average molecular weight is 357 g/mol. The van der Waals surface area contributed by atoms with Gasteiger partial charge in [0.15, 0.2) is 5.11 Å². The Kier molecular flexibility index (Phi) is 5.22. The Morgan fingerprint density at radius 1 is 1.16 bits per heavy atom. The minimum absolute atomic E-state index is 0.692. The van der Waals surface area contributed by atoms with Gasteiger partial charge < -0.3 is 15.5 Å². The zero-order valence-electron chi connectivity index (χ0n) is 14.8. The highest BCUT2D eigenvalue weighted by Crippen LogP contribution is 2.29. The second-order valence-electron chi connectivity index (χ2n) is 7.33. The Hall–Kier alpha value is -1.59. The maximum Gasteiger partial charge on any atom is 0.173 e. The highest BCUT2D eigenvalue weighted by Gasteiger charge is 2.29. The number of para-hydroxylation sites is 1. The minimum Gasteiger partial charge on any atom is -0.385 e. The van der Waals surface area contributed by atoms with E-state index in [9.17, 15) is 0 Å². The number of allylic oxidation sites excluding steroid dienone is 1. The molecule has 5 heteroatoms. The van der Waals surface area contributed by atoms with Crippen LogP contribution in [0.4, 0.5) is 5.69 Å². The summed E-state index contributed by atoms with van der Waals surface area (Å²) in [4.78, 5) is 5.01. The van der Waals surface area contributed by atoms with Gasteiger partial charge in [-0.25, -0.2) is 0 Å². The van der Waals surface area contributed by atoms with E-state index in [0.717, 1.165) is 44.1 Å². The first-order chi connectivity index (χ1) is 12.3. The Balaban J connectivity index is 1.42. The third-order valence-electron chi connectivity index (χ3n) is 5.71. The van der Waals surface area contributed by atoms with Gasteiger partial charge in [-0.2, -0.15) is 0 Å². The average Bonchev–Trinajstić information content (AvgIpc) is 2.88. The molecule has 25 heavy (non-hydrogen) atoms. The lowest BCUT2D eigenvalue weighted by molar-refractivity contribution is 0.0802. The standard InChI is InChI=1S/C20H28N4S/c25-20(24-13-12-23-11-4-3-7-17(23)15-24)22-14-16-6-5-10-21-19-9-2-1-8-18(16)19/h1-2,8-9,14,17,21H,3-7,10-13,15H2,(H,22,25)/b16-14-. The summed E-state index contributed by atoms with van der Waals surface area (Å²) in [6.07, 6.45) is 8.41. The van der Waals surface area contributed by atoms with E-state index in [2.05, 4.69) is 50.9 Å². The maximum absolute atomic E-state index is 5.70. The van der Waals surface area contributed by atoms with Gasteiger partial charge >= 0.3 is 0 Å². The van der Waals surface area contributed by atoms with Crippen LogP contribution in [0.15, 0.2) is 30.5 Å². The number of anilines is 1. The molecule has 2 fully saturated rings. The quantitative estimate of drug-likeness (QED) is 0.754. The van der Waals surface area contributed by atoms with Gasteiger partial charge in [-0.1, -0.05) is 24.6 Å². The van der Waals surface area contributed by atoms with Crippen LogP contribution in [-0.2, 0) is 0 Å². The van der Waals surface area contributed by atoms with Crippen LogP contribution in [0, 0.1) is 0 Å². The van der Waals surface area contributed by atoms with Crippen LogP contribution in [0.2, 0.25) is 0 Å². The van der Waals surface area contributed by atoms with Crippen molar-refractivity contribution < 1.29 is 0 Å². The summed E-state index contributed by atoms with van der Waals surface area (Å²) in [6, 6.07) is 9.26. The SMILES string of the molecule is S=C(N/C=C1/CCCNc2ccccc21)N1CCN2CCCCC2C1. The molecule has 1 aromatic carbocycles. The lowest BCUT2D eigenvalue weighted by Gasteiger charge is -2.44. The van der Waals surface area contributed by atoms with Crippen molar-refractivity contribution in [2.45, 2.75) is 38.1 Å². The molecular weight excluding hydrogens is 328 g/mol. The fraction of sp³-hybridized carbons (Fsp3) is 0.550. The van der Waals surface area contributed by atoms with Crippen LogP contribution < -0.4 is 10.6 Å². The largest absolute Gasteiger partial charge is 0.385 e. The molecule has 3 heterocycles. The van der Waals surface area contributed by atoms with Gasteiger partial charge in [0.05, 0.1) is 0 Å². The number of thiocarbonyl (C=S) groups is 1. The van der Waals surface area contributed by atoms with E-state index in [1.54, 1.807) is 0 Å². The predicted molar refractivity (Wildman–Crippen MR) is 109 cm³/mol. The van der Waals surface area contributed by atoms with Crippen LogP contribution >= 0.6 is 12.2 Å². The van der Waals surface area contributed by atoms with E-state index in [-0.39, 0.29) is 0 Å². The van der Waals surface area contributed by atoms with Crippen LogP contribution in [-0.4, -0.2) is 53.7 Å². The number of hydrogen-bond donors (Lipinski definition) is 2. The molecule has 134 valence electrons. The third kappa shape index (κ3) is 3.82. The van der Waals surface area contributed by atoms with Crippen molar-refractivity contribution in [3.63, 3.8) is 0 Å². The molecule has 1 aromatic rings. The number of hydrogen-bond acceptors (Lipinski definition) is 3. The first-order valence-electron chi connectivity index (χ1n) is 9.63. The van der Waals surface area contributed by atoms with Crippen molar-refractivity contribution in [1.29, 1.82) is 0 Å². The van der Waals surface area contributed by atoms with Crippen molar-refractivity contribution >= 4 is 28.6 Å². The van der Waals surface area contributed by atoms with Crippen LogP contribution in [0.25, 0.3) is 5.57 Å². The predicted octanol–water partition coefficient (Wildman–Crippen LogP) is 3.28. The van der Waals surface area contributed by atoms with E-state index >= 15 is 0 Å². The third-order valence-corrected chi connectivity index (χ3v) is 6.08. The van der Waals surface area contributed by atoms with E-state index in [4.69, 9.17) is 12.2 Å². The monoisotopic (exact) mass is 356 g/mol. The molecule has 2 saturated heterocycles. The summed E-state index contributed by atoms with van der Waals surface area (Å²) in [7, 11) is 0. The second kappa shape index (κ2) is 7.75. The van der Waals surface area contributed by atoms with Gasteiger partial charge in [0.2, 0.25) is 0 Å². The van der Waals surface area contributed by atoms with Crippen LogP contribution in [0.5, 0.6) is 0 Å². The summed E-state index contributed by atoms with van der Waals surface area (Å²) in [5.74, 6) is 0. The van der Waals surface area contributed by atoms with Gasteiger partial charge in [0, 0.05) is 49.7 Å². The van der Waals surface area contributed by atoms with Crippen molar-refractivity contribution in [3.8, 4) is 0 Å². The van der Waals surface area contributed by atoms with Gasteiger partial charge in [-0.05, 0) is 56.1 Å². The summed E-state index contributed by atoms with van der Waals surface area (Å²) >= 11 is 5.70. The maximum atomic E-state index is 5.70. The summed E-state index contributed by atoms with van der Waals surface area (Å²) in [5.41, 5.74) is 3.88. The molecule has 0 spiro atoms. The van der Waals surface area contributed by atoms with Crippen LogP contribution in [0.3, 0.4) is 0 Å². The number of piperidine rings is 1. The smallest absolute Gasteiger partial charge is 0.173 e. The Morgan fingerprint density at radius 2 is 2.08 bits per heavy atom. The van der Waals surface area contributed by atoms with Crippen molar-refractivity contribution in [1.82, 2.24) is 15.1 Å². The Labute approximate surface area is 156 Å². The van der Waals surface area contributed by atoms with Gasteiger partial charge in [0.25, 0.3) is 0 Å². The molecule has 0 aromatic heterocycles. The molecule has 3 aliphatic heterocycles. The van der Waals surface area contributed by atoms with Gasteiger partial charge in [-0.15, -0.1) is 0 Å². The second-order valence-corrected chi connectivity index (χ2v) is 7.71. The fourth-order valence-corrected chi connectivity index (χ4v) is 4.51. The minimum atomic E-state index is 0.692. The zero-order chi connectivity index (χ0) is 17.1. The molecule has 0 bridgehead atoms. The van der Waals surface area contributed by atoms with Crippen molar-refractivity contribution in [2.24, 2.45) is 0 Å². The summed E-state index contributed by atoms with van der Waals surface area (Å²) in [5, 5.41) is 7.84. The van der Waals surface area contributed by atoms with Crippen LogP contribution in [0.1, 0.15) is 37.7 Å². The molecule has 1 atom stereocenters. The summed E-state index contributed by atoms with van der Waals surface area (Å²) in [6.45, 7) is 5.57. The number of benzene rings is 1. The lowest BCUT2D eigenvalue weighted by Crippen LogP contribution is -2.57. The molecule has 0 amide bonds. The highest BCUT2D eigenvalue weighted by molar-refractivity contribution is 7.80. The van der Waals surface area contributed by atoms with E-state index < -0.39 is 0 Å². The van der Waals surface area contributed by atoms with E-state index in [1.165, 1.54) is 42.6 Å². The molecule has 1 unspecified atom stereocenters. The van der Waals surface area contributed by atoms with E-state index in [1.807, 2.05) is 0 Å².